The van der Waals surface area contributed by atoms with E-state index in [4.69, 9.17) is 18.6 Å². The van der Waals surface area contributed by atoms with E-state index in [0.29, 0.717) is 12.8 Å². The molecule has 7 nitrogen and oxygen atoms in total. The van der Waals surface area contributed by atoms with Crippen LogP contribution in [0.5, 0.6) is 0 Å². The van der Waals surface area contributed by atoms with Crippen molar-refractivity contribution in [1.82, 2.24) is 0 Å². The summed E-state index contributed by atoms with van der Waals surface area (Å²) in [5.41, 5.74) is 1.40. The lowest BCUT2D eigenvalue weighted by molar-refractivity contribution is -0.192. The van der Waals surface area contributed by atoms with Gasteiger partial charge in [0.15, 0.2) is 8.32 Å². The van der Waals surface area contributed by atoms with Crippen molar-refractivity contribution in [1.29, 1.82) is 0 Å². The minimum atomic E-state index is -2.17. The van der Waals surface area contributed by atoms with E-state index in [1.54, 1.807) is 6.08 Å². The lowest BCUT2D eigenvalue weighted by Gasteiger charge is -2.60. The van der Waals surface area contributed by atoms with Gasteiger partial charge < -0.3 is 18.6 Å². The van der Waals surface area contributed by atoms with Gasteiger partial charge in [-0.05, 0) is 67.5 Å². The Morgan fingerprint density at radius 2 is 1.84 bits per heavy atom. The molecule has 0 spiro atoms. The topological polar surface area (TPSA) is 88.1 Å². The van der Waals surface area contributed by atoms with Gasteiger partial charge >= 0.3 is 17.9 Å². The maximum absolute atomic E-state index is 12.1. The predicted molar refractivity (Wildman–Crippen MR) is 149 cm³/mol. The van der Waals surface area contributed by atoms with Crippen LogP contribution in [0.25, 0.3) is 0 Å². The van der Waals surface area contributed by atoms with Gasteiger partial charge in [-0.1, -0.05) is 46.8 Å². The molecule has 8 heteroatoms. The average Bonchev–Trinajstić information content (AvgIpc) is 3.21. The molecular formula is C30H48O7Si. The van der Waals surface area contributed by atoms with Crippen molar-refractivity contribution in [2.75, 3.05) is 13.2 Å². The van der Waals surface area contributed by atoms with Gasteiger partial charge in [-0.2, -0.15) is 0 Å². The Morgan fingerprint density at radius 1 is 1.18 bits per heavy atom. The van der Waals surface area contributed by atoms with E-state index in [1.165, 1.54) is 19.4 Å². The van der Waals surface area contributed by atoms with Gasteiger partial charge in [-0.15, -0.1) is 0 Å². The third-order valence-corrected chi connectivity index (χ3v) is 14.5. The number of fused-ring (bicyclic) bond motifs is 1. The second-order valence-electron chi connectivity index (χ2n) is 13.7. The van der Waals surface area contributed by atoms with Gasteiger partial charge in [0.2, 0.25) is 0 Å². The van der Waals surface area contributed by atoms with E-state index in [0.717, 1.165) is 24.8 Å². The zero-order valence-electron chi connectivity index (χ0n) is 24.9. The fourth-order valence-corrected chi connectivity index (χ4v) is 8.16. The van der Waals surface area contributed by atoms with Crippen molar-refractivity contribution >= 4 is 26.2 Å². The standard InChI is InChI=1S/C30H48O7Si/c1-19-11-12-25-29(7,14-13-26(36-21(3)32)30(25,8)18-35-20(2)31)23(19)16-24(22-15-27(33)34-17-22)37-38(9,10)28(4,5)6/h15,23-26H,1,11-14,16-18H2,2-10H3/t23-,24+,25+,26-,29+,30+/m1/s1. The number of cyclic esters (lactones) is 1. The maximum Gasteiger partial charge on any atom is 0.331 e. The summed E-state index contributed by atoms with van der Waals surface area (Å²) < 4.78 is 23.7. The number of hydrogen-bond acceptors (Lipinski definition) is 7. The normalized spacial score (nSPS) is 32.7. The summed E-state index contributed by atoms with van der Waals surface area (Å²) in [6.07, 6.45) is 5.02. The van der Waals surface area contributed by atoms with E-state index in [2.05, 4.69) is 54.3 Å². The number of carbonyl (C=O) groups is 3. The van der Waals surface area contributed by atoms with Crippen LogP contribution in [0.4, 0.5) is 0 Å². The molecule has 0 amide bonds. The molecule has 3 aliphatic rings. The van der Waals surface area contributed by atoms with E-state index in [1.807, 2.05) is 0 Å². The molecule has 2 aliphatic carbocycles. The molecule has 3 rings (SSSR count). The maximum atomic E-state index is 12.1. The molecule has 2 fully saturated rings. The minimum absolute atomic E-state index is 0.00990. The van der Waals surface area contributed by atoms with Gasteiger partial charge in [-0.3, -0.25) is 9.59 Å². The number of carbonyl (C=O) groups excluding carboxylic acids is 3. The van der Waals surface area contributed by atoms with Gasteiger partial charge in [0.1, 0.15) is 19.3 Å². The van der Waals surface area contributed by atoms with Crippen LogP contribution in [0.1, 0.15) is 80.6 Å². The monoisotopic (exact) mass is 548 g/mol. The fraction of sp³-hybridized carbons (Fsp3) is 0.767. The highest BCUT2D eigenvalue weighted by Gasteiger charge is 2.60. The summed E-state index contributed by atoms with van der Waals surface area (Å²) in [5.74, 6) is -0.691. The van der Waals surface area contributed by atoms with Crippen LogP contribution in [-0.2, 0) is 33.0 Å². The second-order valence-corrected chi connectivity index (χ2v) is 18.4. The van der Waals surface area contributed by atoms with Gasteiger partial charge in [0, 0.05) is 30.9 Å². The Kier molecular flexibility index (Phi) is 8.79. The summed E-state index contributed by atoms with van der Waals surface area (Å²) in [4.78, 5) is 35.9. The third-order valence-electron chi connectivity index (χ3n) is 10.0. The zero-order chi connectivity index (χ0) is 28.7. The first kappa shape index (κ1) is 30.6. The molecule has 0 saturated heterocycles. The molecule has 0 aromatic carbocycles. The van der Waals surface area contributed by atoms with Crippen LogP contribution in [-0.4, -0.2) is 51.6 Å². The number of ether oxygens (including phenoxy) is 3. The largest absolute Gasteiger partial charge is 0.465 e. The molecule has 0 radical (unpaired) electrons. The molecule has 1 aliphatic heterocycles. The van der Waals surface area contributed by atoms with Crippen LogP contribution < -0.4 is 0 Å². The number of allylic oxidation sites excluding steroid dienone is 1. The zero-order valence-corrected chi connectivity index (χ0v) is 25.9. The van der Waals surface area contributed by atoms with Crippen molar-refractivity contribution in [3.8, 4) is 0 Å². The Morgan fingerprint density at radius 3 is 2.37 bits per heavy atom. The Bertz CT molecular complexity index is 993. The molecule has 6 atom stereocenters. The van der Waals surface area contributed by atoms with Crippen molar-refractivity contribution < 1.29 is 33.0 Å². The van der Waals surface area contributed by atoms with Crippen LogP contribution in [0.2, 0.25) is 18.1 Å². The van der Waals surface area contributed by atoms with Crippen molar-refractivity contribution in [2.24, 2.45) is 22.7 Å². The van der Waals surface area contributed by atoms with Crippen LogP contribution >= 0.6 is 0 Å². The minimum Gasteiger partial charge on any atom is -0.465 e. The Balaban J connectivity index is 1.99. The fourth-order valence-electron chi connectivity index (χ4n) is 6.85. The molecular weight excluding hydrogens is 500 g/mol. The highest BCUT2D eigenvalue weighted by Crippen LogP contribution is 2.63. The molecule has 0 unspecified atom stereocenters. The summed E-state index contributed by atoms with van der Waals surface area (Å²) >= 11 is 0. The highest BCUT2D eigenvalue weighted by molar-refractivity contribution is 6.74. The lowest BCUT2D eigenvalue weighted by Crippen LogP contribution is -2.59. The van der Waals surface area contributed by atoms with E-state index in [-0.39, 0.29) is 65.6 Å². The summed E-state index contributed by atoms with van der Waals surface area (Å²) in [7, 11) is -2.17. The molecule has 0 bridgehead atoms. The van der Waals surface area contributed by atoms with Gasteiger partial charge in [0.05, 0.1) is 6.10 Å². The van der Waals surface area contributed by atoms with Crippen LogP contribution in [0, 0.1) is 22.7 Å². The van der Waals surface area contributed by atoms with Crippen molar-refractivity contribution in [3.63, 3.8) is 0 Å². The molecule has 2 saturated carbocycles. The van der Waals surface area contributed by atoms with Gasteiger partial charge in [0.25, 0.3) is 0 Å². The quantitative estimate of drug-likeness (QED) is 0.156. The summed E-state index contributed by atoms with van der Waals surface area (Å²) in [6, 6.07) is 0. The predicted octanol–water partition coefficient (Wildman–Crippen LogP) is 6.13. The third kappa shape index (κ3) is 6.11. The molecule has 0 N–H and O–H groups in total. The molecule has 214 valence electrons. The van der Waals surface area contributed by atoms with Crippen LogP contribution in [0.3, 0.4) is 0 Å². The Hall–Kier alpha value is -1.93. The van der Waals surface area contributed by atoms with Gasteiger partial charge in [-0.25, -0.2) is 4.79 Å². The van der Waals surface area contributed by atoms with Crippen LogP contribution in [0.15, 0.2) is 23.8 Å². The van der Waals surface area contributed by atoms with E-state index in [9.17, 15) is 14.4 Å². The molecule has 38 heavy (non-hydrogen) atoms. The Labute approximate surface area is 229 Å². The smallest absolute Gasteiger partial charge is 0.331 e. The first-order valence-electron chi connectivity index (χ1n) is 13.9. The summed E-state index contributed by atoms with van der Waals surface area (Å²) in [5, 5.41) is 0.00990. The first-order valence-corrected chi connectivity index (χ1v) is 16.8. The molecule has 0 aromatic heterocycles. The SMILES string of the molecule is C=C1CC[C@@H]2[C@](C)(COC(C)=O)[C@H](OC(C)=O)CC[C@@]2(C)[C@@H]1C[C@H](O[Si](C)(C)C(C)(C)C)C1=CC(=O)OC1. The molecule has 1 heterocycles. The average molecular weight is 549 g/mol. The van der Waals surface area contributed by atoms with Crippen molar-refractivity contribution in [2.45, 2.75) is 111 Å². The number of esters is 3. The second kappa shape index (κ2) is 10.9. The van der Waals surface area contributed by atoms with Crippen molar-refractivity contribution in [3.05, 3.63) is 23.8 Å². The highest BCUT2D eigenvalue weighted by atomic mass is 28.4. The first-order chi connectivity index (χ1) is 17.4. The number of rotatable bonds is 8. The van der Waals surface area contributed by atoms with E-state index >= 15 is 0 Å². The number of hydrogen-bond donors (Lipinski definition) is 0. The van der Waals surface area contributed by atoms with E-state index < -0.39 is 13.7 Å². The summed E-state index contributed by atoms with van der Waals surface area (Å²) in [6.45, 7) is 23.4. The molecule has 0 aromatic rings. The lowest BCUT2D eigenvalue weighted by atomic mass is 9.46.